The molecule has 0 radical (unpaired) electrons. The molecule has 2 atom stereocenters. The molecular formula is C23H36N4O2. The van der Waals surface area contributed by atoms with E-state index in [2.05, 4.69) is 68.6 Å². The van der Waals surface area contributed by atoms with Crippen molar-refractivity contribution in [3.8, 4) is 5.75 Å². The Morgan fingerprint density at radius 3 is 2.55 bits per heavy atom. The van der Waals surface area contributed by atoms with Gasteiger partial charge in [-0.05, 0) is 52.7 Å². The molecule has 1 aromatic heterocycles. The van der Waals surface area contributed by atoms with Gasteiger partial charge in [-0.2, -0.15) is 0 Å². The lowest BCUT2D eigenvalue weighted by Gasteiger charge is -2.18. The lowest BCUT2D eigenvalue weighted by atomic mass is 10.00. The SMILES string of the molecule is CCNC(=NCc1ccc(C)cc1OC(C)CC)NCC(C)c1c(C)noc1C. The zero-order chi connectivity index (χ0) is 21.4. The van der Waals surface area contributed by atoms with Crippen molar-refractivity contribution in [1.82, 2.24) is 15.8 Å². The van der Waals surface area contributed by atoms with E-state index in [-0.39, 0.29) is 12.0 Å². The van der Waals surface area contributed by atoms with Crippen molar-refractivity contribution in [3.63, 3.8) is 0 Å². The highest BCUT2D eigenvalue weighted by Gasteiger charge is 2.16. The average molecular weight is 401 g/mol. The fourth-order valence-electron chi connectivity index (χ4n) is 3.25. The first-order valence-electron chi connectivity index (χ1n) is 10.6. The quantitative estimate of drug-likeness (QED) is 0.474. The summed E-state index contributed by atoms with van der Waals surface area (Å²) in [6.45, 7) is 16.6. The van der Waals surface area contributed by atoms with Crippen LogP contribution in [0, 0.1) is 20.8 Å². The molecule has 2 unspecified atom stereocenters. The number of nitrogens with zero attached hydrogens (tertiary/aromatic N) is 2. The van der Waals surface area contributed by atoms with Crippen molar-refractivity contribution < 1.29 is 9.26 Å². The van der Waals surface area contributed by atoms with Crippen LogP contribution in [0.15, 0.2) is 27.7 Å². The van der Waals surface area contributed by atoms with Crippen LogP contribution in [-0.4, -0.2) is 30.3 Å². The molecule has 1 aromatic carbocycles. The molecule has 2 rings (SSSR count). The smallest absolute Gasteiger partial charge is 0.191 e. The maximum absolute atomic E-state index is 6.11. The van der Waals surface area contributed by atoms with Gasteiger partial charge in [0.2, 0.25) is 0 Å². The number of hydrogen-bond acceptors (Lipinski definition) is 4. The van der Waals surface area contributed by atoms with Crippen LogP contribution in [0.1, 0.15) is 68.2 Å². The van der Waals surface area contributed by atoms with Crippen LogP contribution in [0.25, 0.3) is 0 Å². The van der Waals surface area contributed by atoms with Gasteiger partial charge in [0.25, 0.3) is 0 Å². The Bertz CT molecular complexity index is 794. The summed E-state index contributed by atoms with van der Waals surface area (Å²) in [5.74, 6) is 2.86. The molecule has 2 N–H and O–H groups in total. The number of ether oxygens (including phenoxy) is 1. The largest absolute Gasteiger partial charge is 0.490 e. The summed E-state index contributed by atoms with van der Waals surface area (Å²) >= 11 is 0. The molecule has 0 fully saturated rings. The summed E-state index contributed by atoms with van der Waals surface area (Å²) in [6, 6.07) is 6.30. The van der Waals surface area contributed by atoms with Crippen molar-refractivity contribution in [2.45, 2.75) is 73.5 Å². The summed E-state index contributed by atoms with van der Waals surface area (Å²) in [5.41, 5.74) is 4.39. The summed E-state index contributed by atoms with van der Waals surface area (Å²) in [6.07, 6.45) is 1.15. The zero-order valence-corrected chi connectivity index (χ0v) is 18.9. The molecule has 2 aromatic rings. The Hall–Kier alpha value is -2.50. The van der Waals surface area contributed by atoms with E-state index < -0.39 is 0 Å². The van der Waals surface area contributed by atoms with Crippen molar-refractivity contribution in [1.29, 1.82) is 0 Å². The lowest BCUT2D eigenvalue weighted by Crippen LogP contribution is -2.39. The molecular weight excluding hydrogens is 364 g/mol. The van der Waals surface area contributed by atoms with E-state index in [4.69, 9.17) is 14.3 Å². The van der Waals surface area contributed by atoms with Gasteiger partial charge in [-0.1, -0.05) is 31.1 Å². The number of aliphatic imine (C=N–C) groups is 1. The van der Waals surface area contributed by atoms with Crippen molar-refractivity contribution in [2.24, 2.45) is 4.99 Å². The fraction of sp³-hybridized carbons (Fsp3) is 0.565. The van der Waals surface area contributed by atoms with E-state index in [9.17, 15) is 0 Å². The van der Waals surface area contributed by atoms with E-state index in [0.29, 0.717) is 6.54 Å². The van der Waals surface area contributed by atoms with Crippen LogP contribution in [0.2, 0.25) is 0 Å². The summed E-state index contributed by atoms with van der Waals surface area (Å²) in [5, 5.41) is 10.8. The highest BCUT2D eigenvalue weighted by molar-refractivity contribution is 5.79. The van der Waals surface area contributed by atoms with Gasteiger partial charge in [0, 0.05) is 30.1 Å². The van der Waals surface area contributed by atoms with Gasteiger partial charge in [-0.3, -0.25) is 0 Å². The van der Waals surface area contributed by atoms with E-state index in [1.807, 2.05) is 13.8 Å². The normalized spacial score (nSPS) is 13.8. The lowest BCUT2D eigenvalue weighted by molar-refractivity contribution is 0.215. The molecule has 0 amide bonds. The second kappa shape index (κ2) is 10.9. The van der Waals surface area contributed by atoms with E-state index >= 15 is 0 Å². The Morgan fingerprint density at radius 2 is 1.93 bits per heavy atom. The standard InChI is InChI=1S/C23H36N4O2/c1-8-17(5)28-21-12-15(3)10-11-20(21)14-26-23(24-9-2)25-13-16(4)22-18(6)27-29-19(22)7/h10-12,16-17H,8-9,13-14H2,1-7H3,(H2,24,25,26). The molecule has 0 aliphatic carbocycles. The molecule has 0 saturated carbocycles. The zero-order valence-electron chi connectivity index (χ0n) is 18.9. The molecule has 0 bridgehead atoms. The molecule has 160 valence electrons. The third-order valence-electron chi connectivity index (χ3n) is 5.03. The molecule has 0 aliphatic rings. The maximum Gasteiger partial charge on any atom is 0.191 e. The Kier molecular flexibility index (Phi) is 8.55. The van der Waals surface area contributed by atoms with Crippen LogP contribution in [0.5, 0.6) is 5.75 Å². The van der Waals surface area contributed by atoms with Crippen molar-refractivity contribution >= 4 is 5.96 Å². The molecule has 0 spiro atoms. The Balaban J connectivity index is 2.09. The number of hydrogen-bond donors (Lipinski definition) is 2. The maximum atomic E-state index is 6.11. The average Bonchev–Trinajstić information content (AvgIpc) is 3.03. The minimum atomic E-state index is 0.182. The van der Waals surface area contributed by atoms with E-state index in [1.54, 1.807) is 0 Å². The van der Waals surface area contributed by atoms with Crippen molar-refractivity contribution in [3.05, 3.63) is 46.3 Å². The first-order valence-corrected chi connectivity index (χ1v) is 10.6. The minimum Gasteiger partial charge on any atom is -0.490 e. The second-order valence-electron chi connectivity index (χ2n) is 7.66. The van der Waals surface area contributed by atoms with Crippen LogP contribution >= 0.6 is 0 Å². The number of aromatic nitrogens is 1. The fourth-order valence-corrected chi connectivity index (χ4v) is 3.25. The van der Waals surface area contributed by atoms with Gasteiger partial charge < -0.3 is 19.9 Å². The second-order valence-corrected chi connectivity index (χ2v) is 7.66. The highest BCUT2D eigenvalue weighted by Crippen LogP contribution is 2.24. The number of nitrogens with one attached hydrogen (secondary N) is 2. The summed E-state index contributed by atoms with van der Waals surface area (Å²) in [7, 11) is 0. The molecule has 0 saturated heterocycles. The Labute approximate surface area is 175 Å². The molecule has 6 nitrogen and oxygen atoms in total. The Morgan fingerprint density at radius 1 is 1.17 bits per heavy atom. The third-order valence-corrected chi connectivity index (χ3v) is 5.03. The number of guanidine groups is 1. The van der Waals surface area contributed by atoms with Crippen molar-refractivity contribution in [2.75, 3.05) is 13.1 Å². The van der Waals surface area contributed by atoms with Gasteiger partial charge in [0.15, 0.2) is 5.96 Å². The first-order chi connectivity index (χ1) is 13.8. The van der Waals surface area contributed by atoms with Crippen LogP contribution < -0.4 is 15.4 Å². The van der Waals surface area contributed by atoms with E-state index in [0.717, 1.165) is 53.8 Å². The minimum absolute atomic E-state index is 0.182. The number of rotatable bonds is 9. The van der Waals surface area contributed by atoms with Gasteiger partial charge in [0.05, 0.1) is 18.3 Å². The monoisotopic (exact) mass is 400 g/mol. The summed E-state index contributed by atoms with van der Waals surface area (Å²) in [4.78, 5) is 4.78. The molecule has 0 aliphatic heterocycles. The van der Waals surface area contributed by atoms with Gasteiger partial charge >= 0.3 is 0 Å². The van der Waals surface area contributed by atoms with E-state index in [1.165, 1.54) is 5.56 Å². The molecule has 1 heterocycles. The first kappa shape index (κ1) is 22.8. The van der Waals surface area contributed by atoms with Crippen LogP contribution in [0.3, 0.4) is 0 Å². The van der Waals surface area contributed by atoms with Crippen LogP contribution in [-0.2, 0) is 6.54 Å². The highest BCUT2D eigenvalue weighted by atomic mass is 16.5. The summed E-state index contributed by atoms with van der Waals surface area (Å²) < 4.78 is 11.4. The molecule has 29 heavy (non-hydrogen) atoms. The number of aryl methyl sites for hydroxylation is 3. The third kappa shape index (κ3) is 6.51. The topological polar surface area (TPSA) is 71.7 Å². The van der Waals surface area contributed by atoms with Gasteiger partial charge in [-0.25, -0.2) is 4.99 Å². The predicted octanol–water partition coefficient (Wildman–Crippen LogP) is 4.64. The van der Waals surface area contributed by atoms with Crippen LogP contribution in [0.4, 0.5) is 0 Å². The molecule has 6 heteroatoms. The number of benzene rings is 1. The predicted molar refractivity (Wildman–Crippen MR) is 119 cm³/mol. The van der Waals surface area contributed by atoms with Gasteiger partial charge in [-0.15, -0.1) is 0 Å². The van der Waals surface area contributed by atoms with Gasteiger partial charge in [0.1, 0.15) is 11.5 Å².